The van der Waals surface area contributed by atoms with Crippen molar-refractivity contribution in [3.8, 4) is 5.69 Å². The van der Waals surface area contributed by atoms with Crippen molar-refractivity contribution >= 4 is 23.3 Å². The fraction of sp³-hybridized carbons (Fsp3) is 0.0667. The molecule has 0 saturated heterocycles. The highest BCUT2D eigenvalue weighted by atomic mass is 35.5. The van der Waals surface area contributed by atoms with E-state index in [0.29, 0.717) is 10.7 Å². The zero-order chi connectivity index (χ0) is 17.8. The molecular weight excluding hydrogens is 354 g/mol. The van der Waals surface area contributed by atoms with Crippen LogP contribution in [0, 0.1) is 11.6 Å². The summed E-state index contributed by atoms with van der Waals surface area (Å²) in [5.74, 6) is -1.76. The van der Waals surface area contributed by atoms with Crippen LogP contribution in [-0.2, 0) is 6.54 Å². The summed E-state index contributed by atoms with van der Waals surface area (Å²) in [6, 6.07) is 9.47. The first-order chi connectivity index (χ1) is 12.0. The van der Waals surface area contributed by atoms with E-state index < -0.39 is 17.7 Å². The fourth-order valence-corrected chi connectivity index (χ4v) is 2.20. The minimum atomic E-state index is -1.02. The number of carbonyl (C=O) groups excluding carboxylic acids is 1. The Balaban J connectivity index is 1.68. The van der Waals surface area contributed by atoms with Crippen molar-refractivity contribution in [1.29, 1.82) is 0 Å². The average Bonchev–Trinajstić information content (AvgIpc) is 3.06. The van der Waals surface area contributed by atoms with E-state index in [9.17, 15) is 13.6 Å². The number of nitrogens with one attached hydrogen (secondary N) is 2. The van der Waals surface area contributed by atoms with Crippen LogP contribution in [0.2, 0.25) is 5.02 Å². The molecule has 2 amide bonds. The molecule has 2 aromatic carbocycles. The Kier molecular flexibility index (Phi) is 4.85. The van der Waals surface area contributed by atoms with Crippen LogP contribution in [0.25, 0.3) is 5.69 Å². The lowest BCUT2D eigenvalue weighted by Gasteiger charge is -2.09. The van der Waals surface area contributed by atoms with Crippen molar-refractivity contribution in [2.75, 3.05) is 5.32 Å². The van der Waals surface area contributed by atoms with Gasteiger partial charge in [0.2, 0.25) is 0 Å². The minimum Gasteiger partial charge on any atom is -0.330 e. The molecule has 0 aliphatic heterocycles. The minimum absolute atomic E-state index is 0.0394. The lowest BCUT2D eigenvalue weighted by Crippen LogP contribution is -2.29. The van der Waals surface area contributed by atoms with E-state index in [1.165, 1.54) is 10.7 Å². The van der Waals surface area contributed by atoms with Crippen LogP contribution in [0.3, 0.4) is 0 Å². The van der Waals surface area contributed by atoms with Gasteiger partial charge >= 0.3 is 6.03 Å². The van der Waals surface area contributed by atoms with Crippen molar-refractivity contribution in [2.24, 2.45) is 0 Å². The molecule has 1 aromatic heterocycles. The van der Waals surface area contributed by atoms with Gasteiger partial charge in [-0.3, -0.25) is 0 Å². The molecule has 0 atom stereocenters. The summed E-state index contributed by atoms with van der Waals surface area (Å²) in [5.41, 5.74) is 0.675. The largest absolute Gasteiger partial charge is 0.330 e. The van der Waals surface area contributed by atoms with E-state index in [-0.39, 0.29) is 18.1 Å². The summed E-state index contributed by atoms with van der Waals surface area (Å²) in [7, 11) is 0. The molecule has 3 aromatic rings. The number of anilines is 1. The molecule has 0 fully saturated rings. The summed E-state index contributed by atoms with van der Waals surface area (Å²) in [6.07, 6.45) is 0. The van der Waals surface area contributed by atoms with Crippen LogP contribution in [0.5, 0.6) is 0 Å². The molecule has 1 heterocycles. The van der Waals surface area contributed by atoms with E-state index >= 15 is 0 Å². The first kappa shape index (κ1) is 16.8. The average molecular weight is 365 g/mol. The highest BCUT2D eigenvalue weighted by Gasteiger charge is 2.12. The molecule has 0 spiro atoms. The molecule has 25 heavy (non-hydrogen) atoms. The van der Waals surface area contributed by atoms with Crippen LogP contribution in [0.4, 0.5) is 19.3 Å². The number of tetrazole rings is 1. The number of benzene rings is 2. The number of rotatable bonds is 4. The summed E-state index contributed by atoms with van der Waals surface area (Å²) in [6.45, 7) is -0.0394. The Bertz CT molecular complexity index is 917. The van der Waals surface area contributed by atoms with Gasteiger partial charge in [-0.25, -0.2) is 13.6 Å². The van der Waals surface area contributed by atoms with Crippen molar-refractivity contribution in [2.45, 2.75) is 6.54 Å². The van der Waals surface area contributed by atoms with Crippen LogP contribution < -0.4 is 10.6 Å². The number of carbonyl (C=O) groups is 1. The standard InChI is InChI=1S/C15H11ClF2N6O/c16-10-3-1-2-4-13(10)20-15(25)19-8-14-21-22-23-24(14)9-5-6-11(17)12(18)7-9/h1-7H,8H2,(H2,19,20,25). The lowest BCUT2D eigenvalue weighted by molar-refractivity contribution is 0.251. The van der Waals surface area contributed by atoms with Gasteiger partial charge < -0.3 is 10.6 Å². The van der Waals surface area contributed by atoms with Crippen molar-refractivity contribution in [3.63, 3.8) is 0 Å². The van der Waals surface area contributed by atoms with Crippen molar-refractivity contribution in [1.82, 2.24) is 25.5 Å². The molecule has 0 bridgehead atoms. The second-order valence-electron chi connectivity index (χ2n) is 4.89. The smallest absolute Gasteiger partial charge is 0.319 e. The molecule has 0 aliphatic carbocycles. The Morgan fingerprint density at radius 3 is 2.72 bits per heavy atom. The highest BCUT2D eigenvalue weighted by molar-refractivity contribution is 6.33. The third-order valence-electron chi connectivity index (χ3n) is 3.21. The second-order valence-corrected chi connectivity index (χ2v) is 5.30. The molecule has 0 unspecified atom stereocenters. The summed E-state index contributed by atoms with van der Waals surface area (Å²) in [4.78, 5) is 11.9. The molecule has 128 valence electrons. The van der Waals surface area contributed by atoms with Gasteiger partial charge in [-0.05, 0) is 34.7 Å². The third kappa shape index (κ3) is 3.89. The maximum absolute atomic E-state index is 13.3. The lowest BCUT2D eigenvalue weighted by atomic mass is 10.3. The van der Waals surface area contributed by atoms with E-state index in [0.717, 1.165) is 12.1 Å². The summed E-state index contributed by atoms with van der Waals surface area (Å²) < 4.78 is 27.6. The van der Waals surface area contributed by atoms with E-state index in [2.05, 4.69) is 26.2 Å². The highest BCUT2D eigenvalue weighted by Crippen LogP contribution is 2.20. The summed E-state index contributed by atoms with van der Waals surface area (Å²) >= 11 is 5.96. The van der Waals surface area contributed by atoms with Gasteiger partial charge in [0, 0.05) is 6.07 Å². The molecule has 2 N–H and O–H groups in total. The molecule has 0 saturated carbocycles. The van der Waals surface area contributed by atoms with E-state index in [1.54, 1.807) is 24.3 Å². The van der Waals surface area contributed by atoms with Gasteiger partial charge in [-0.1, -0.05) is 23.7 Å². The number of halogens is 3. The van der Waals surface area contributed by atoms with Crippen LogP contribution in [0.1, 0.15) is 5.82 Å². The van der Waals surface area contributed by atoms with Gasteiger partial charge in [-0.15, -0.1) is 5.10 Å². The van der Waals surface area contributed by atoms with Crippen molar-refractivity contribution in [3.05, 3.63) is 64.9 Å². The molecule has 3 rings (SSSR count). The first-order valence-electron chi connectivity index (χ1n) is 7.06. The topological polar surface area (TPSA) is 84.7 Å². The molecule has 10 heteroatoms. The van der Waals surface area contributed by atoms with Crippen LogP contribution in [0.15, 0.2) is 42.5 Å². The number of para-hydroxylation sites is 1. The Morgan fingerprint density at radius 1 is 1.16 bits per heavy atom. The zero-order valence-corrected chi connectivity index (χ0v) is 13.3. The zero-order valence-electron chi connectivity index (χ0n) is 12.6. The molecule has 0 radical (unpaired) electrons. The monoisotopic (exact) mass is 364 g/mol. The number of hydrogen-bond donors (Lipinski definition) is 2. The second kappa shape index (κ2) is 7.22. The quantitative estimate of drug-likeness (QED) is 0.745. The Hall–Kier alpha value is -3.07. The first-order valence-corrected chi connectivity index (χ1v) is 7.44. The SMILES string of the molecule is O=C(NCc1nnnn1-c1ccc(F)c(F)c1)Nc1ccccc1Cl. The van der Waals surface area contributed by atoms with Crippen molar-refractivity contribution < 1.29 is 13.6 Å². The van der Waals surface area contributed by atoms with Gasteiger partial charge in [0.15, 0.2) is 17.5 Å². The normalized spacial score (nSPS) is 10.5. The van der Waals surface area contributed by atoms with E-state index in [1.807, 2.05) is 0 Å². The number of nitrogens with zero attached hydrogens (tertiary/aromatic N) is 4. The van der Waals surface area contributed by atoms with Crippen LogP contribution >= 0.6 is 11.6 Å². The number of urea groups is 1. The van der Waals surface area contributed by atoms with E-state index in [4.69, 9.17) is 11.6 Å². The van der Waals surface area contributed by atoms with Gasteiger partial charge in [0.1, 0.15) is 0 Å². The molecule has 7 nitrogen and oxygen atoms in total. The molecule has 0 aliphatic rings. The van der Waals surface area contributed by atoms with Gasteiger partial charge in [0.25, 0.3) is 0 Å². The Morgan fingerprint density at radius 2 is 1.96 bits per heavy atom. The number of hydrogen-bond acceptors (Lipinski definition) is 4. The predicted molar refractivity (Wildman–Crippen MR) is 86.4 cm³/mol. The van der Waals surface area contributed by atoms with Crippen LogP contribution in [-0.4, -0.2) is 26.2 Å². The summed E-state index contributed by atoms with van der Waals surface area (Å²) in [5, 5.41) is 16.5. The fourth-order valence-electron chi connectivity index (χ4n) is 2.02. The van der Waals surface area contributed by atoms with Gasteiger partial charge in [-0.2, -0.15) is 4.68 Å². The molecular formula is C15H11ClF2N6O. The third-order valence-corrected chi connectivity index (χ3v) is 3.54. The maximum atomic E-state index is 13.3. The maximum Gasteiger partial charge on any atom is 0.319 e. The number of aromatic nitrogens is 4. The predicted octanol–water partition coefficient (Wildman–Crippen LogP) is 2.92. The number of amides is 2. The Labute approximate surface area is 145 Å². The van der Waals surface area contributed by atoms with Gasteiger partial charge in [0.05, 0.1) is 22.9 Å².